The molecule has 0 spiro atoms. The van der Waals surface area contributed by atoms with Gasteiger partial charge < -0.3 is 4.90 Å². The molecule has 0 aliphatic heterocycles. The topological polar surface area (TPSA) is 72.2 Å². The van der Waals surface area contributed by atoms with E-state index in [9.17, 15) is 10.1 Å². The Balaban J connectivity index is 2.30. The molecular formula is C12H11BrN4O2. The molecule has 0 amide bonds. The summed E-state index contributed by atoms with van der Waals surface area (Å²) in [5, 5.41) is 11.0. The minimum Gasteiger partial charge on any atom is -0.363 e. The van der Waals surface area contributed by atoms with E-state index in [1.165, 1.54) is 6.07 Å². The normalized spacial score (nSPS) is 10.2. The highest BCUT2D eigenvalue weighted by atomic mass is 79.9. The molecule has 2 rings (SSSR count). The second kappa shape index (κ2) is 5.75. The molecule has 0 N–H and O–H groups in total. The molecule has 1 heterocycles. The van der Waals surface area contributed by atoms with Gasteiger partial charge in [-0.3, -0.25) is 20.1 Å². The van der Waals surface area contributed by atoms with Gasteiger partial charge in [0.05, 0.1) is 23.4 Å². The number of aromatic nitrogens is 2. The largest absolute Gasteiger partial charge is 0.363 e. The molecule has 0 unspecified atom stereocenters. The maximum atomic E-state index is 11.0. The third-order valence-electron chi connectivity index (χ3n) is 2.56. The van der Waals surface area contributed by atoms with Gasteiger partial charge in [0.25, 0.3) is 5.69 Å². The van der Waals surface area contributed by atoms with Gasteiger partial charge in [0.2, 0.25) is 0 Å². The fourth-order valence-corrected chi connectivity index (χ4v) is 2.05. The van der Waals surface area contributed by atoms with Crippen LogP contribution in [0.25, 0.3) is 0 Å². The summed E-state index contributed by atoms with van der Waals surface area (Å²) < 4.78 is 0.791. The Hall–Kier alpha value is -2.02. The van der Waals surface area contributed by atoms with E-state index >= 15 is 0 Å². The van der Waals surface area contributed by atoms with Gasteiger partial charge >= 0.3 is 0 Å². The van der Waals surface area contributed by atoms with Crippen molar-refractivity contribution in [2.45, 2.75) is 6.54 Å². The molecule has 0 atom stereocenters. The van der Waals surface area contributed by atoms with Crippen molar-refractivity contribution in [2.24, 2.45) is 0 Å². The number of anilines is 1. The van der Waals surface area contributed by atoms with Crippen LogP contribution in [0.15, 0.2) is 41.3 Å². The summed E-state index contributed by atoms with van der Waals surface area (Å²) in [7, 11) is 1.78. The van der Waals surface area contributed by atoms with Gasteiger partial charge in [0, 0.05) is 30.0 Å². The standard InChI is InChI=1S/C12H11BrN4O2/c1-16(8-10-7-14-4-5-15-10)12-6-9(13)2-3-11(12)17(18)19/h2-7H,8H2,1H3. The van der Waals surface area contributed by atoms with Crippen molar-refractivity contribution in [3.63, 3.8) is 0 Å². The molecule has 0 saturated heterocycles. The van der Waals surface area contributed by atoms with Gasteiger partial charge in [-0.1, -0.05) is 15.9 Å². The minimum absolute atomic E-state index is 0.0644. The van der Waals surface area contributed by atoms with Crippen molar-refractivity contribution in [1.82, 2.24) is 9.97 Å². The summed E-state index contributed by atoms with van der Waals surface area (Å²) in [4.78, 5) is 20.5. The Kier molecular flexibility index (Phi) is 4.06. The third kappa shape index (κ3) is 3.25. The van der Waals surface area contributed by atoms with Crippen LogP contribution in [-0.2, 0) is 6.54 Å². The Morgan fingerprint density at radius 1 is 1.42 bits per heavy atom. The Morgan fingerprint density at radius 3 is 2.84 bits per heavy atom. The predicted octanol–water partition coefficient (Wildman–Crippen LogP) is 2.78. The molecule has 19 heavy (non-hydrogen) atoms. The lowest BCUT2D eigenvalue weighted by molar-refractivity contribution is -0.384. The van der Waals surface area contributed by atoms with Crippen molar-refractivity contribution < 1.29 is 4.92 Å². The van der Waals surface area contributed by atoms with Gasteiger partial charge in [-0.25, -0.2) is 0 Å². The van der Waals surface area contributed by atoms with Gasteiger partial charge in [-0.15, -0.1) is 0 Å². The van der Waals surface area contributed by atoms with Crippen molar-refractivity contribution in [3.05, 3.63) is 57.1 Å². The molecule has 1 aromatic heterocycles. The van der Waals surface area contributed by atoms with Crippen molar-refractivity contribution >= 4 is 27.3 Å². The summed E-state index contributed by atoms with van der Waals surface area (Å²) in [6.07, 6.45) is 4.82. The maximum Gasteiger partial charge on any atom is 0.292 e. The molecule has 0 aliphatic rings. The average molecular weight is 323 g/mol. The number of rotatable bonds is 4. The number of hydrogen-bond acceptors (Lipinski definition) is 5. The van der Waals surface area contributed by atoms with Gasteiger partial charge in [-0.05, 0) is 12.1 Å². The van der Waals surface area contributed by atoms with Crippen molar-refractivity contribution in [1.29, 1.82) is 0 Å². The first-order valence-corrected chi connectivity index (χ1v) is 6.27. The fraction of sp³-hybridized carbons (Fsp3) is 0.167. The number of nitro benzene ring substituents is 1. The van der Waals surface area contributed by atoms with E-state index in [4.69, 9.17) is 0 Å². The second-order valence-corrected chi connectivity index (χ2v) is 4.86. The predicted molar refractivity (Wildman–Crippen MR) is 74.9 cm³/mol. The molecule has 0 radical (unpaired) electrons. The summed E-state index contributed by atoms with van der Waals surface area (Å²) in [5.41, 5.74) is 1.35. The van der Waals surface area contributed by atoms with E-state index in [0.717, 1.165) is 10.2 Å². The molecule has 0 aliphatic carbocycles. The lowest BCUT2D eigenvalue weighted by Crippen LogP contribution is -2.18. The molecule has 6 nitrogen and oxygen atoms in total. The van der Waals surface area contributed by atoms with E-state index in [1.54, 1.807) is 42.7 Å². The van der Waals surface area contributed by atoms with Crippen LogP contribution in [0.3, 0.4) is 0 Å². The number of halogens is 1. The zero-order valence-corrected chi connectivity index (χ0v) is 11.7. The van der Waals surface area contributed by atoms with Crippen molar-refractivity contribution in [3.8, 4) is 0 Å². The van der Waals surface area contributed by atoms with Crippen LogP contribution >= 0.6 is 15.9 Å². The number of benzene rings is 1. The number of hydrogen-bond donors (Lipinski definition) is 0. The zero-order chi connectivity index (χ0) is 13.8. The van der Waals surface area contributed by atoms with Crippen LogP contribution in [0.2, 0.25) is 0 Å². The average Bonchev–Trinajstić information content (AvgIpc) is 2.39. The molecular weight excluding hydrogens is 312 g/mol. The van der Waals surface area contributed by atoms with Crippen LogP contribution in [0.5, 0.6) is 0 Å². The van der Waals surface area contributed by atoms with E-state index in [-0.39, 0.29) is 5.69 Å². The van der Waals surface area contributed by atoms with Crippen LogP contribution in [-0.4, -0.2) is 21.9 Å². The van der Waals surface area contributed by atoms with Crippen LogP contribution in [0.1, 0.15) is 5.69 Å². The minimum atomic E-state index is -0.394. The number of nitrogens with zero attached hydrogens (tertiary/aromatic N) is 4. The second-order valence-electron chi connectivity index (χ2n) is 3.94. The highest BCUT2D eigenvalue weighted by Gasteiger charge is 2.17. The molecule has 7 heteroatoms. The van der Waals surface area contributed by atoms with E-state index < -0.39 is 4.92 Å². The SMILES string of the molecule is CN(Cc1cnccn1)c1cc(Br)ccc1[N+](=O)[O-]. The summed E-state index contributed by atoms with van der Waals surface area (Å²) >= 11 is 3.32. The Labute approximate surface area is 118 Å². The summed E-state index contributed by atoms with van der Waals surface area (Å²) in [6.45, 7) is 0.450. The Bertz CT molecular complexity index is 592. The maximum absolute atomic E-state index is 11.0. The molecule has 2 aromatic rings. The van der Waals surface area contributed by atoms with Crippen LogP contribution < -0.4 is 4.90 Å². The van der Waals surface area contributed by atoms with Crippen molar-refractivity contribution in [2.75, 3.05) is 11.9 Å². The molecule has 98 valence electrons. The highest BCUT2D eigenvalue weighted by molar-refractivity contribution is 9.10. The number of nitro groups is 1. The molecule has 0 saturated carbocycles. The van der Waals surface area contributed by atoms with E-state index in [0.29, 0.717) is 12.2 Å². The van der Waals surface area contributed by atoms with E-state index in [2.05, 4.69) is 25.9 Å². The van der Waals surface area contributed by atoms with Crippen LogP contribution in [0.4, 0.5) is 11.4 Å². The first-order chi connectivity index (χ1) is 9.08. The zero-order valence-electron chi connectivity index (χ0n) is 10.2. The van der Waals surface area contributed by atoms with Crippen LogP contribution in [0, 0.1) is 10.1 Å². The van der Waals surface area contributed by atoms with Gasteiger partial charge in [0.1, 0.15) is 5.69 Å². The fourth-order valence-electron chi connectivity index (χ4n) is 1.70. The summed E-state index contributed by atoms with van der Waals surface area (Å²) in [6, 6.07) is 4.85. The molecule has 1 aromatic carbocycles. The van der Waals surface area contributed by atoms with Gasteiger partial charge in [-0.2, -0.15) is 0 Å². The highest BCUT2D eigenvalue weighted by Crippen LogP contribution is 2.31. The van der Waals surface area contributed by atoms with E-state index in [1.807, 2.05) is 0 Å². The van der Waals surface area contributed by atoms with Gasteiger partial charge in [0.15, 0.2) is 0 Å². The smallest absolute Gasteiger partial charge is 0.292 e. The monoisotopic (exact) mass is 322 g/mol. The third-order valence-corrected chi connectivity index (χ3v) is 3.05. The molecule has 0 fully saturated rings. The first-order valence-electron chi connectivity index (χ1n) is 5.48. The molecule has 0 bridgehead atoms. The lowest BCUT2D eigenvalue weighted by Gasteiger charge is -2.18. The summed E-state index contributed by atoms with van der Waals surface area (Å²) in [5.74, 6) is 0. The quantitative estimate of drug-likeness (QED) is 0.639. The first kappa shape index (κ1) is 13.4. The Morgan fingerprint density at radius 2 is 2.21 bits per heavy atom. The lowest BCUT2D eigenvalue weighted by atomic mass is 10.2.